The molecule has 5 nitrogen and oxygen atoms in total. The maximum absolute atomic E-state index is 13.1. The van der Waals surface area contributed by atoms with Crippen LogP contribution in [0.1, 0.15) is 22.7 Å². The van der Waals surface area contributed by atoms with Gasteiger partial charge in [-0.05, 0) is 41.8 Å². The predicted octanol–water partition coefficient (Wildman–Crippen LogP) is 4.87. The summed E-state index contributed by atoms with van der Waals surface area (Å²) in [5.41, 5.74) is 11.7. The number of aryl methyl sites for hydroxylation is 1. The monoisotopic (exact) mass is 459 g/mol. The number of rotatable bonds is 6. The zero-order chi connectivity index (χ0) is 22.5. The first-order valence-corrected chi connectivity index (χ1v) is 10.5. The molecule has 0 aliphatic carbocycles. The molecule has 0 aliphatic rings. The summed E-state index contributed by atoms with van der Waals surface area (Å²) in [6, 6.07) is 29.7. The highest BCUT2D eigenvalue weighted by molar-refractivity contribution is 5.96. The Morgan fingerprint density at radius 3 is 1.88 bits per heavy atom. The van der Waals surface area contributed by atoms with Gasteiger partial charge in [0, 0.05) is 28.9 Å². The van der Waals surface area contributed by atoms with E-state index < -0.39 is 6.04 Å². The van der Waals surface area contributed by atoms with Crippen molar-refractivity contribution >= 4 is 24.0 Å². The zero-order valence-corrected chi connectivity index (χ0v) is 19.0. The van der Waals surface area contributed by atoms with Gasteiger partial charge in [0.1, 0.15) is 0 Å². The molecule has 168 valence electrons. The summed E-state index contributed by atoms with van der Waals surface area (Å²) >= 11 is 0. The van der Waals surface area contributed by atoms with Gasteiger partial charge >= 0.3 is 0 Å². The molecule has 1 unspecified atom stereocenters. The molecule has 4 aromatic rings. The van der Waals surface area contributed by atoms with Crippen LogP contribution in [-0.4, -0.2) is 16.9 Å². The van der Waals surface area contributed by atoms with Crippen LogP contribution in [0.15, 0.2) is 102 Å². The smallest absolute Gasteiger partial charge is 0.248 e. The molecular formula is C27H26ClN3O2. The second kappa shape index (κ2) is 10.8. The Balaban J connectivity index is 0.00000306. The van der Waals surface area contributed by atoms with E-state index >= 15 is 0 Å². The second-order valence-electron chi connectivity index (χ2n) is 7.75. The van der Waals surface area contributed by atoms with Crippen molar-refractivity contribution in [3.05, 3.63) is 124 Å². The topological polar surface area (TPSA) is 88.0 Å². The highest BCUT2D eigenvalue weighted by Crippen LogP contribution is 2.28. The molecule has 1 atom stereocenters. The molecule has 0 radical (unpaired) electrons. The minimum absolute atomic E-state index is 0. The van der Waals surface area contributed by atoms with Crippen LogP contribution < -0.4 is 16.6 Å². The average Bonchev–Trinajstić information content (AvgIpc) is 2.81. The van der Waals surface area contributed by atoms with Gasteiger partial charge in [-0.3, -0.25) is 9.59 Å². The minimum Gasteiger partial charge on any atom is -0.326 e. The Morgan fingerprint density at radius 1 is 0.818 bits per heavy atom. The van der Waals surface area contributed by atoms with Gasteiger partial charge in [0.05, 0.1) is 6.04 Å². The predicted molar refractivity (Wildman–Crippen MR) is 136 cm³/mol. The Bertz CT molecular complexity index is 1220. The minimum atomic E-state index is -0.763. The van der Waals surface area contributed by atoms with Crippen LogP contribution in [0, 0.1) is 6.92 Å². The van der Waals surface area contributed by atoms with Crippen molar-refractivity contribution in [1.82, 2.24) is 4.98 Å². The molecule has 4 N–H and O–H groups in total. The van der Waals surface area contributed by atoms with Crippen molar-refractivity contribution in [1.29, 1.82) is 0 Å². The summed E-state index contributed by atoms with van der Waals surface area (Å²) in [7, 11) is 0. The number of aromatic nitrogens is 1. The van der Waals surface area contributed by atoms with Crippen molar-refractivity contribution in [2.24, 2.45) is 5.73 Å². The Morgan fingerprint density at radius 2 is 1.36 bits per heavy atom. The van der Waals surface area contributed by atoms with E-state index in [2.05, 4.69) is 10.3 Å². The zero-order valence-electron chi connectivity index (χ0n) is 18.2. The third-order valence-corrected chi connectivity index (χ3v) is 5.56. The average molecular weight is 460 g/mol. The van der Waals surface area contributed by atoms with E-state index in [1.807, 2.05) is 91.9 Å². The summed E-state index contributed by atoms with van der Waals surface area (Å²) in [6.07, 6.45) is 0. The lowest BCUT2D eigenvalue weighted by Gasteiger charge is -2.24. The number of anilines is 1. The van der Waals surface area contributed by atoms with Gasteiger partial charge in [0.15, 0.2) is 0 Å². The summed E-state index contributed by atoms with van der Waals surface area (Å²) in [4.78, 5) is 27.3. The molecule has 3 aromatic carbocycles. The molecule has 0 saturated carbocycles. The fourth-order valence-corrected chi connectivity index (χ4v) is 3.93. The number of nitrogens with one attached hydrogen (secondary N) is 2. The van der Waals surface area contributed by atoms with Gasteiger partial charge in [0.2, 0.25) is 11.5 Å². The fraction of sp³-hybridized carbons (Fsp3) is 0.111. The molecule has 1 aromatic heterocycles. The number of carbonyl (C=O) groups excluding carboxylic acids is 1. The molecule has 0 fully saturated rings. The Kier molecular flexibility index (Phi) is 7.83. The number of amides is 1. The second-order valence-corrected chi connectivity index (χ2v) is 7.75. The van der Waals surface area contributed by atoms with Crippen LogP contribution >= 0.6 is 12.4 Å². The van der Waals surface area contributed by atoms with Crippen LogP contribution in [0.3, 0.4) is 0 Å². The van der Waals surface area contributed by atoms with Crippen LogP contribution in [0.2, 0.25) is 0 Å². The van der Waals surface area contributed by atoms with E-state index in [0.717, 1.165) is 27.9 Å². The van der Waals surface area contributed by atoms with E-state index in [1.54, 1.807) is 6.07 Å². The van der Waals surface area contributed by atoms with Gasteiger partial charge < -0.3 is 16.0 Å². The third kappa shape index (κ3) is 5.58. The first kappa shape index (κ1) is 24.0. The van der Waals surface area contributed by atoms with E-state index in [0.29, 0.717) is 5.69 Å². The SMILES string of the molecule is Cc1[nH]c(=O)ccc1-c1ccc(NC(=O)C(N)C(c2ccccc2)c2ccccc2)cc1.Cl. The van der Waals surface area contributed by atoms with Crippen molar-refractivity contribution in [3.8, 4) is 11.1 Å². The van der Waals surface area contributed by atoms with E-state index in [1.165, 1.54) is 6.07 Å². The van der Waals surface area contributed by atoms with Gasteiger partial charge in [-0.25, -0.2) is 0 Å². The molecule has 4 rings (SSSR count). The van der Waals surface area contributed by atoms with Crippen molar-refractivity contribution in [2.45, 2.75) is 18.9 Å². The number of benzene rings is 3. The lowest BCUT2D eigenvalue weighted by molar-refractivity contribution is -0.117. The summed E-state index contributed by atoms with van der Waals surface area (Å²) < 4.78 is 0. The Hall–Kier alpha value is -3.67. The van der Waals surface area contributed by atoms with Gasteiger partial charge in [-0.2, -0.15) is 0 Å². The van der Waals surface area contributed by atoms with E-state index in [4.69, 9.17) is 5.73 Å². The molecule has 1 heterocycles. The molecule has 0 aliphatic heterocycles. The summed E-state index contributed by atoms with van der Waals surface area (Å²) in [6.45, 7) is 1.86. The standard InChI is InChI=1S/C27H25N3O2.ClH/c1-18-23(16-17-24(31)29-18)19-12-14-22(15-13-19)30-27(32)26(28)25(20-8-4-2-5-9-20)21-10-6-3-7-11-21;/h2-17,25-26H,28H2,1H3,(H,29,31)(H,30,32);1H. The molecule has 0 spiro atoms. The van der Waals surface area contributed by atoms with Crippen LogP contribution in [0.4, 0.5) is 5.69 Å². The maximum Gasteiger partial charge on any atom is 0.248 e. The number of hydrogen-bond acceptors (Lipinski definition) is 3. The highest BCUT2D eigenvalue weighted by atomic mass is 35.5. The van der Waals surface area contributed by atoms with Gasteiger partial charge in [-0.1, -0.05) is 72.8 Å². The maximum atomic E-state index is 13.1. The largest absolute Gasteiger partial charge is 0.326 e. The third-order valence-electron chi connectivity index (χ3n) is 5.56. The highest BCUT2D eigenvalue weighted by Gasteiger charge is 2.27. The molecular weight excluding hydrogens is 434 g/mol. The first-order chi connectivity index (χ1) is 15.5. The van der Waals surface area contributed by atoms with Gasteiger partial charge in [0.25, 0.3) is 0 Å². The molecule has 1 amide bonds. The molecule has 0 bridgehead atoms. The molecule has 0 saturated heterocycles. The van der Waals surface area contributed by atoms with Crippen LogP contribution in [0.5, 0.6) is 0 Å². The number of hydrogen-bond donors (Lipinski definition) is 3. The van der Waals surface area contributed by atoms with E-state index in [-0.39, 0.29) is 29.8 Å². The van der Waals surface area contributed by atoms with Crippen molar-refractivity contribution in [3.63, 3.8) is 0 Å². The fourth-order valence-electron chi connectivity index (χ4n) is 3.93. The van der Waals surface area contributed by atoms with Crippen LogP contribution in [0.25, 0.3) is 11.1 Å². The first-order valence-electron chi connectivity index (χ1n) is 10.5. The van der Waals surface area contributed by atoms with E-state index in [9.17, 15) is 9.59 Å². The normalized spacial score (nSPS) is 11.5. The number of nitrogens with two attached hydrogens (primary N) is 1. The molecule has 33 heavy (non-hydrogen) atoms. The Labute approximate surface area is 199 Å². The van der Waals surface area contributed by atoms with Crippen molar-refractivity contribution in [2.75, 3.05) is 5.32 Å². The quantitative estimate of drug-likeness (QED) is 0.384. The molecule has 6 heteroatoms. The van der Waals surface area contributed by atoms with Crippen molar-refractivity contribution < 1.29 is 4.79 Å². The van der Waals surface area contributed by atoms with Gasteiger partial charge in [-0.15, -0.1) is 12.4 Å². The summed E-state index contributed by atoms with van der Waals surface area (Å²) in [5.74, 6) is -0.517. The number of H-pyrrole nitrogens is 1. The lowest BCUT2D eigenvalue weighted by atomic mass is 9.85. The number of carbonyl (C=O) groups is 1. The van der Waals surface area contributed by atoms with Crippen LogP contribution in [-0.2, 0) is 4.79 Å². The number of aromatic amines is 1. The number of halogens is 1. The number of pyridine rings is 1. The lowest BCUT2D eigenvalue weighted by Crippen LogP contribution is -2.41. The summed E-state index contributed by atoms with van der Waals surface area (Å²) in [5, 5.41) is 2.94.